The van der Waals surface area contributed by atoms with Gasteiger partial charge in [-0.05, 0) is 60.7 Å². The SMILES string of the molecule is Cc1cnccc1CNC(=O)c1nnc(N2CCc3ncc(C(F)(F)F)cc3C2)c(C)c1C. The molecule has 10 heteroatoms. The number of nitrogens with zero attached hydrogens (tertiary/aromatic N) is 5. The molecule has 0 aromatic carbocycles. The second kappa shape index (κ2) is 8.76. The lowest BCUT2D eigenvalue weighted by Crippen LogP contribution is -2.33. The number of hydrogen-bond donors (Lipinski definition) is 1. The summed E-state index contributed by atoms with van der Waals surface area (Å²) in [5.41, 5.74) is 4.00. The number of pyridine rings is 2. The lowest BCUT2D eigenvalue weighted by atomic mass is 10.0. The van der Waals surface area contributed by atoms with E-state index in [9.17, 15) is 18.0 Å². The van der Waals surface area contributed by atoms with Crippen LogP contribution in [0.25, 0.3) is 0 Å². The van der Waals surface area contributed by atoms with E-state index in [1.165, 1.54) is 0 Å². The molecule has 1 aliphatic heterocycles. The molecule has 4 rings (SSSR count). The van der Waals surface area contributed by atoms with Gasteiger partial charge in [-0.3, -0.25) is 14.8 Å². The standard InChI is InChI=1S/C23H23F3N6O/c1-13-9-27-6-4-16(13)10-29-22(33)20-14(2)15(3)21(31-30-20)32-7-5-19-17(12-32)8-18(11-28-19)23(24,25)26/h4,6,8-9,11H,5,7,10,12H2,1-3H3,(H,29,33). The first kappa shape index (κ1) is 22.6. The summed E-state index contributed by atoms with van der Waals surface area (Å²) in [6.07, 6.45) is 0.337. The van der Waals surface area contributed by atoms with Gasteiger partial charge < -0.3 is 10.2 Å². The third-order valence-corrected chi connectivity index (χ3v) is 5.96. The lowest BCUT2D eigenvalue weighted by Gasteiger charge is -2.30. The molecule has 0 bridgehead atoms. The minimum Gasteiger partial charge on any atom is -0.350 e. The maximum absolute atomic E-state index is 13.1. The first-order valence-electron chi connectivity index (χ1n) is 10.5. The van der Waals surface area contributed by atoms with Crippen molar-refractivity contribution in [1.82, 2.24) is 25.5 Å². The Morgan fingerprint density at radius 3 is 2.67 bits per heavy atom. The minimum atomic E-state index is -4.44. The van der Waals surface area contributed by atoms with Gasteiger partial charge in [0, 0.05) is 50.3 Å². The maximum Gasteiger partial charge on any atom is 0.417 e. The van der Waals surface area contributed by atoms with E-state index < -0.39 is 11.7 Å². The Morgan fingerprint density at radius 1 is 1.15 bits per heavy atom. The highest BCUT2D eigenvalue weighted by atomic mass is 19.4. The number of rotatable bonds is 4. The monoisotopic (exact) mass is 456 g/mol. The zero-order chi connectivity index (χ0) is 23.8. The smallest absolute Gasteiger partial charge is 0.350 e. The predicted molar refractivity (Wildman–Crippen MR) is 116 cm³/mol. The molecule has 0 fully saturated rings. The molecule has 1 N–H and O–H groups in total. The first-order valence-corrected chi connectivity index (χ1v) is 10.5. The average molecular weight is 456 g/mol. The summed E-state index contributed by atoms with van der Waals surface area (Å²) < 4.78 is 39.3. The molecule has 0 spiro atoms. The maximum atomic E-state index is 13.1. The van der Waals surface area contributed by atoms with E-state index in [1.807, 2.05) is 24.8 Å². The Bertz CT molecular complexity index is 1210. The molecular weight excluding hydrogens is 433 g/mol. The van der Waals surface area contributed by atoms with Gasteiger partial charge in [-0.15, -0.1) is 10.2 Å². The number of carbonyl (C=O) groups excluding carboxylic acids is 1. The van der Waals surface area contributed by atoms with Crippen molar-refractivity contribution in [2.75, 3.05) is 11.4 Å². The number of alkyl halides is 3. The first-order chi connectivity index (χ1) is 15.6. The summed E-state index contributed by atoms with van der Waals surface area (Å²) in [6, 6.07) is 2.99. The quantitative estimate of drug-likeness (QED) is 0.645. The highest BCUT2D eigenvalue weighted by Crippen LogP contribution is 2.32. The Balaban J connectivity index is 1.53. The van der Waals surface area contributed by atoms with Gasteiger partial charge in [-0.25, -0.2) is 0 Å². The van der Waals surface area contributed by atoms with E-state index in [0.717, 1.165) is 29.0 Å². The molecule has 33 heavy (non-hydrogen) atoms. The van der Waals surface area contributed by atoms with Gasteiger partial charge in [-0.1, -0.05) is 0 Å². The molecule has 3 aromatic heterocycles. The molecule has 1 aliphatic rings. The Kier molecular flexibility index (Phi) is 6.01. The number of anilines is 1. The predicted octanol–water partition coefficient (Wildman–Crippen LogP) is 3.70. The van der Waals surface area contributed by atoms with Crippen molar-refractivity contribution in [2.45, 2.75) is 46.5 Å². The van der Waals surface area contributed by atoms with Crippen LogP contribution < -0.4 is 10.2 Å². The molecule has 7 nitrogen and oxygen atoms in total. The lowest BCUT2D eigenvalue weighted by molar-refractivity contribution is -0.137. The molecule has 0 aliphatic carbocycles. The number of fused-ring (bicyclic) bond motifs is 1. The van der Waals surface area contributed by atoms with Crippen molar-refractivity contribution in [2.24, 2.45) is 0 Å². The fourth-order valence-corrected chi connectivity index (χ4v) is 3.83. The van der Waals surface area contributed by atoms with Gasteiger partial charge in [0.05, 0.1) is 5.56 Å². The molecule has 172 valence electrons. The number of aromatic nitrogens is 4. The minimum absolute atomic E-state index is 0.224. The third-order valence-electron chi connectivity index (χ3n) is 5.96. The Morgan fingerprint density at radius 2 is 1.94 bits per heavy atom. The number of halogens is 3. The van der Waals surface area contributed by atoms with E-state index in [1.54, 1.807) is 19.3 Å². The highest BCUT2D eigenvalue weighted by molar-refractivity contribution is 5.94. The average Bonchev–Trinajstić information content (AvgIpc) is 2.78. The number of hydrogen-bond acceptors (Lipinski definition) is 6. The van der Waals surface area contributed by atoms with E-state index in [0.29, 0.717) is 42.1 Å². The van der Waals surface area contributed by atoms with E-state index in [2.05, 4.69) is 25.5 Å². The topological polar surface area (TPSA) is 83.9 Å². The van der Waals surface area contributed by atoms with Crippen LogP contribution in [0, 0.1) is 20.8 Å². The largest absolute Gasteiger partial charge is 0.417 e. The van der Waals surface area contributed by atoms with Gasteiger partial charge in [0.1, 0.15) is 0 Å². The van der Waals surface area contributed by atoms with E-state index >= 15 is 0 Å². The molecule has 3 aromatic rings. The van der Waals surface area contributed by atoms with Crippen LogP contribution in [0.4, 0.5) is 19.0 Å². The van der Waals surface area contributed by atoms with Crippen LogP contribution in [-0.4, -0.2) is 32.6 Å². The molecular formula is C23H23F3N6O. The summed E-state index contributed by atoms with van der Waals surface area (Å²) in [6.45, 7) is 6.68. The summed E-state index contributed by atoms with van der Waals surface area (Å²) in [7, 11) is 0. The summed E-state index contributed by atoms with van der Waals surface area (Å²) in [5, 5.41) is 11.3. The normalized spacial score (nSPS) is 13.6. The van der Waals surface area contributed by atoms with Crippen molar-refractivity contribution in [3.8, 4) is 0 Å². The Labute approximate surface area is 189 Å². The molecule has 4 heterocycles. The summed E-state index contributed by atoms with van der Waals surface area (Å²) in [4.78, 5) is 22.6. The van der Waals surface area contributed by atoms with Crippen LogP contribution in [0.1, 0.15) is 49.6 Å². The fraction of sp³-hybridized carbons (Fsp3) is 0.348. The molecule has 0 saturated carbocycles. The zero-order valence-corrected chi connectivity index (χ0v) is 18.5. The van der Waals surface area contributed by atoms with Crippen LogP contribution in [-0.2, 0) is 25.7 Å². The number of nitrogens with one attached hydrogen (secondary N) is 1. The molecule has 0 radical (unpaired) electrons. The second-order valence-electron chi connectivity index (χ2n) is 8.11. The Hall–Kier alpha value is -3.56. The fourth-order valence-electron chi connectivity index (χ4n) is 3.83. The van der Waals surface area contributed by atoms with Gasteiger partial charge in [0.2, 0.25) is 0 Å². The molecule has 1 amide bonds. The van der Waals surface area contributed by atoms with Crippen molar-refractivity contribution in [3.05, 3.63) is 75.5 Å². The van der Waals surface area contributed by atoms with Gasteiger partial charge in [0.25, 0.3) is 5.91 Å². The second-order valence-corrected chi connectivity index (χ2v) is 8.11. The number of carbonyl (C=O) groups is 1. The van der Waals surface area contributed by atoms with Crippen LogP contribution in [0.3, 0.4) is 0 Å². The highest BCUT2D eigenvalue weighted by Gasteiger charge is 2.33. The summed E-state index contributed by atoms with van der Waals surface area (Å²) >= 11 is 0. The van der Waals surface area contributed by atoms with Gasteiger partial charge in [0.15, 0.2) is 11.5 Å². The molecule has 0 saturated heterocycles. The summed E-state index contributed by atoms with van der Waals surface area (Å²) in [5.74, 6) is 0.214. The third kappa shape index (κ3) is 4.64. The van der Waals surface area contributed by atoms with Crippen LogP contribution in [0.5, 0.6) is 0 Å². The van der Waals surface area contributed by atoms with Gasteiger partial charge >= 0.3 is 6.18 Å². The van der Waals surface area contributed by atoms with Crippen LogP contribution in [0.2, 0.25) is 0 Å². The van der Waals surface area contributed by atoms with Crippen molar-refractivity contribution >= 4 is 11.7 Å². The zero-order valence-electron chi connectivity index (χ0n) is 18.5. The molecule has 0 unspecified atom stereocenters. The van der Waals surface area contributed by atoms with E-state index in [4.69, 9.17) is 0 Å². The molecule has 0 atom stereocenters. The van der Waals surface area contributed by atoms with Crippen molar-refractivity contribution in [3.63, 3.8) is 0 Å². The van der Waals surface area contributed by atoms with Crippen LogP contribution >= 0.6 is 0 Å². The van der Waals surface area contributed by atoms with Crippen LogP contribution in [0.15, 0.2) is 30.7 Å². The van der Waals surface area contributed by atoms with Crippen molar-refractivity contribution < 1.29 is 18.0 Å². The number of amides is 1. The number of aryl methyl sites for hydroxylation is 1. The van der Waals surface area contributed by atoms with E-state index in [-0.39, 0.29) is 18.1 Å². The van der Waals surface area contributed by atoms with Gasteiger partial charge in [-0.2, -0.15) is 13.2 Å². The van der Waals surface area contributed by atoms with Crippen molar-refractivity contribution in [1.29, 1.82) is 0 Å².